The van der Waals surface area contributed by atoms with Gasteiger partial charge in [0.2, 0.25) is 0 Å². The second-order valence-electron chi connectivity index (χ2n) is 34.8. The molecule has 664 valence electrons. The van der Waals surface area contributed by atoms with E-state index in [-0.39, 0.29) is 28.8 Å². The Balaban J connectivity index is 0.696. The highest BCUT2D eigenvalue weighted by Crippen LogP contribution is 2.72. The van der Waals surface area contributed by atoms with Crippen molar-refractivity contribution in [2.75, 3.05) is 59.5 Å². The molecule has 24 N–H and O–H groups in total. The second kappa shape index (κ2) is 36.1. The summed E-state index contributed by atoms with van der Waals surface area (Å²) in [5, 5.41) is 268. The maximum Gasteiger partial charge on any atom is 0.187 e. The molecule has 42 heteroatoms. The number of hydrogen-bond acceptors (Lipinski definition) is 42. The van der Waals surface area contributed by atoms with Crippen molar-refractivity contribution in [1.82, 2.24) is 0 Å². The van der Waals surface area contributed by atoms with Crippen LogP contribution < -0.4 is 0 Å². The van der Waals surface area contributed by atoms with Crippen molar-refractivity contribution in [3.05, 3.63) is 0 Å². The van der Waals surface area contributed by atoms with Crippen LogP contribution in [0, 0.1) is 52.3 Å². The van der Waals surface area contributed by atoms with Crippen LogP contribution in [0.1, 0.15) is 85.5 Å². The Morgan fingerprint density at radius 3 is 1.36 bits per heavy atom. The molecule has 0 bridgehead atoms. The van der Waals surface area contributed by atoms with Crippen LogP contribution >= 0.6 is 0 Å². The van der Waals surface area contributed by atoms with Gasteiger partial charge in [0.1, 0.15) is 183 Å². The zero-order valence-corrected chi connectivity index (χ0v) is 64.0. The van der Waals surface area contributed by atoms with Crippen LogP contribution in [0.25, 0.3) is 0 Å². The van der Waals surface area contributed by atoms with Crippen molar-refractivity contribution in [2.45, 2.75) is 343 Å². The van der Waals surface area contributed by atoms with Gasteiger partial charge in [0.25, 0.3) is 0 Å². The van der Waals surface area contributed by atoms with Crippen LogP contribution in [0.2, 0.25) is 0 Å². The highest BCUT2D eigenvalue weighted by molar-refractivity contribution is 5.17. The molecule has 51 atom stereocenters. The van der Waals surface area contributed by atoms with Gasteiger partial charge in [0.15, 0.2) is 56.1 Å². The molecule has 10 saturated heterocycles. The summed E-state index contributed by atoms with van der Waals surface area (Å²) in [5.41, 5.74) is -0.213. The standard InChI is InChI=1S/C73H120O42/c1-23-7-10-73(100-20-23)24(2)40-31(115-73)12-28-26-6-5-25-11-30(29(80)13-72(25,4)27(26)8-9-71(28,40)3)101-58-37(19-79)107-65(54(58)94)99-22-39-46(86)60(111-67-53(93)48(88)43(83)38(108-67)21-98-64-51(91)42(82)33(15-75)103-64)56(96)69(109-39)112-59-44(84)34(16-76)105-68(55(59)95)113-61-45(85)35(17-77)106-70(110-57-36(18-78)102-63(97)50(90)49(57)89)62(61)114-66-52(92)47(87)41(81)32(14-74)104-66/h23-70,74-97H,5-22H2,1-4H3/t23-,24-,25-,26+,27-,28-,29+,30+,31-,32+,33-,34+,35+,36+,37-,38+,39+,40-,41-,42-,43+,44+,45+,46+,47-,48-,49+,50+,51+,52+,53+,54+,55+,56+,57-,58-,59-,60-,61-,62+,63+,64+,65+,66-,67-,68-,69-,70-,71-,72-,73+/m0/s1. The third-order valence-corrected chi connectivity index (χ3v) is 28.2. The predicted molar refractivity (Wildman–Crippen MR) is 368 cm³/mol. The Morgan fingerprint density at radius 2 is 0.783 bits per heavy atom. The fraction of sp³-hybridized carbons (Fsp3) is 1.00. The molecule has 4 saturated carbocycles. The van der Waals surface area contributed by atoms with Gasteiger partial charge in [-0.2, -0.15) is 0 Å². The number of rotatable bonds is 24. The molecule has 14 fully saturated rings. The minimum absolute atomic E-state index is 0.0569. The molecule has 0 unspecified atom stereocenters. The van der Waals surface area contributed by atoms with Crippen LogP contribution in [0.5, 0.6) is 0 Å². The summed E-state index contributed by atoms with van der Waals surface area (Å²) < 4.78 is 108. The normalized spacial score (nSPS) is 56.7. The second-order valence-corrected chi connectivity index (χ2v) is 34.8. The lowest BCUT2D eigenvalue weighted by molar-refractivity contribution is -0.411. The first kappa shape index (κ1) is 89.6. The Hall–Kier alpha value is -1.68. The average Bonchev–Trinajstić information content (AvgIpc) is 1.57. The van der Waals surface area contributed by atoms with E-state index in [1.54, 1.807) is 0 Å². The zero-order chi connectivity index (χ0) is 82.7. The largest absolute Gasteiger partial charge is 0.394 e. The van der Waals surface area contributed by atoms with Gasteiger partial charge in [-0.25, -0.2) is 0 Å². The fourth-order valence-corrected chi connectivity index (χ4v) is 21.6. The lowest BCUT2D eigenvalue weighted by Crippen LogP contribution is -2.69. The number of fused-ring (bicyclic) bond motifs is 7. The molecule has 0 aromatic rings. The van der Waals surface area contributed by atoms with Crippen molar-refractivity contribution in [2.24, 2.45) is 52.3 Å². The quantitative estimate of drug-likeness (QED) is 0.0427. The monoisotopic (exact) mass is 1670 g/mol. The molecule has 14 aliphatic rings. The molecule has 10 heterocycles. The summed E-state index contributed by atoms with van der Waals surface area (Å²) in [6, 6.07) is 0. The number of ether oxygens (including phenoxy) is 18. The molecule has 0 amide bonds. The SMILES string of the molecule is C[C@H]1CC[C@@]2(OC1)O[C@H]1C[C@H]3[C@@H]4CC[C@H]5C[C@@H](O[C@@H]6[C@@H](O)[C@H](OC[C@H]7O[C@@H](O[C@@H]8[C@@H](O)[C@H](O[C@H]9[C@H](O)[C@@H](CO)O[C@@H](O[C@@H]%10[C@H](O)[C@@H](O)[C@H](O)O[C@@H]%10CO)[C@@H]9O[C@@H]9O[C@H](CO)[C@H](O)[C@H](O)[C@H]9O)O[C@H](CO)[C@H]8O)[C@H](O)[C@@H](O[C@@H]8O[C@H](CO[C@@H]9O[C@@H](CO)[C@H](O)[C@H]9O)[C@@H](O)[C@H](O)[C@H]8O)[C@@H]7O)O[C@H]6CO)[C@H](O)C[C@]5(C)[C@H]4CC[C@]3(C)[C@H]1[C@@H]2C. The van der Waals surface area contributed by atoms with E-state index in [0.717, 1.165) is 44.9 Å². The predicted octanol–water partition coefficient (Wildman–Crippen LogP) is -11.4. The summed E-state index contributed by atoms with van der Waals surface area (Å²) in [6.07, 6.45) is -70.5. The van der Waals surface area contributed by atoms with Crippen molar-refractivity contribution < 1.29 is 208 Å². The van der Waals surface area contributed by atoms with Crippen LogP contribution in [0.3, 0.4) is 0 Å². The molecule has 42 nitrogen and oxygen atoms in total. The molecular weight excluding hydrogens is 1550 g/mol. The maximum atomic E-state index is 12.5. The smallest absolute Gasteiger partial charge is 0.187 e. The maximum absolute atomic E-state index is 12.5. The van der Waals surface area contributed by atoms with E-state index < -0.39 is 304 Å². The summed E-state index contributed by atoms with van der Waals surface area (Å²) in [5.74, 6) is 1.80. The zero-order valence-electron chi connectivity index (χ0n) is 64.0. The fourth-order valence-electron chi connectivity index (χ4n) is 21.6. The third-order valence-electron chi connectivity index (χ3n) is 28.2. The van der Waals surface area contributed by atoms with Gasteiger partial charge >= 0.3 is 0 Å². The van der Waals surface area contributed by atoms with Gasteiger partial charge in [0.05, 0.1) is 77.8 Å². The Bertz CT molecular complexity index is 3120. The van der Waals surface area contributed by atoms with E-state index in [0.29, 0.717) is 49.0 Å². The molecule has 1 spiro atoms. The first-order chi connectivity index (χ1) is 54.7. The van der Waals surface area contributed by atoms with Gasteiger partial charge in [-0.05, 0) is 97.7 Å². The lowest BCUT2D eigenvalue weighted by Gasteiger charge is -2.62. The molecule has 0 radical (unpaired) electrons. The van der Waals surface area contributed by atoms with E-state index in [4.69, 9.17) is 85.3 Å². The van der Waals surface area contributed by atoms with E-state index in [1.807, 2.05) is 0 Å². The van der Waals surface area contributed by atoms with Gasteiger partial charge in [-0.1, -0.05) is 27.7 Å². The Kier molecular flexibility index (Phi) is 28.1. The molecular formula is C73H120O42. The van der Waals surface area contributed by atoms with E-state index in [1.165, 1.54) is 0 Å². The first-order valence-corrected chi connectivity index (χ1v) is 40.3. The number of aliphatic hydroxyl groups is 24. The Labute approximate surface area is 660 Å². The van der Waals surface area contributed by atoms with Crippen molar-refractivity contribution in [3.63, 3.8) is 0 Å². The summed E-state index contributed by atoms with van der Waals surface area (Å²) in [7, 11) is 0. The van der Waals surface area contributed by atoms with Crippen LogP contribution in [-0.2, 0) is 85.3 Å². The van der Waals surface area contributed by atoms with Gasteiger partial charge < -0.3 is 208 Å². The number of aliphatic hydroxyl groups excluding tert-OH is 24. The van der Waals surface area contributed by atoms with Crippen molar-refractivity contribution in [1.29, 1.82) is 0 Å². The van der Waals surface area contributed by atoms with Gasteiger partial charge in [-0.3, -0.25) is 0 Å². The van der Waals surface area contributed by atoms with Crippen molar-refractivity contribution in [3.8, 4) is 0 Å². The summed E-state index contributed by atoms with van der Waals surface area (Å²) >= 11 is 0. The van der Waals surface area contributed by atoms with Gasteiger partial charge in [-0.15, -0.1) is 0 Å². The van der Waals surface area contributed by atoms with E-state index in [9.17, 15) is 123 Å². The third kappa shape index (κ3) is 16.6. The molecule has 115 heavy (non-hydrogen) atoms. The first-order valence-electron chi connectivity index (χ1n) is 40.3. The highest BCUT2D eigenvalue weighted by Gasteiger charge is 2.71. The lowest BCUT2D eigenvalue weighted by atomic mass is 9.44. The summed E-state index contributed by atoms with van der Waals surface area (Å²) in [6.45, 7) is 2.41. The molecule has 4 aliphatic carbocycles. The molecule has 10 aliphatic heterocycles. The van der Waals surface area contributed by atoms with Crippen LogP contribution in [0.15, 0.2) is 0 Å². The van der Waals surface area contributed by atoms with Crippen LogP contribution in [0.4, 0.5) is 0 Å². The topological polar surface area (TPSA) is 652 Å². The van der Waals surface area contributed by atoms with Gasteiger partial charge in [0, 0.05) is 12.3 Å². The Morgan fingerprint density at radius 1 is 0.348 bits per heavy atom. The minimum Gasteiger partial charge on any atom is -0.394 e. The molecule has 0 aromatic heterocycles. The highest BCUT2D eigenvalue weighted by atomic mass is 16.8. The van der Waals surface area contributed by atoms with Crippen LogP contribution in [-0.4, -0.2) is 440 Å². The number of hydrogen-bond donors (Lipinski definition) is 24. The van der Waals surface area contributed by atoms with E-state index >= 15 is 0 Å². The summed E-state index contributed by atoms with van der Waals surface area (Å²) in [4.78, 5) is 0. The molecule has 0 aromatic carbocycles. The average molecular weight is 1670 g/mol. The molecule has 14 rings (SSSR count). The minimum atomic E-state index is -2.48. The van der Waals surface area contributed by atoms with E-state index in [2.05, 4.69) is 27.7 Å². The van der Waals surface area contributed by atoms with Crippen molar-refractivity contribution >= 4 is 0 Å².